The van der Waals surface area contributed by atoms with E-state index in [-0.39, 0.29) is 25.0 Å². The molecule has 0 saturated carbocycles. The Labute approximate surface area is 187 Å². The van der Waals surface area contributed by atoms with Gasteiger partial charge in [-0.25, -0.2) is 0 Å². The van der Waals surface area contributed by atoms with Crippen molar-refractivity contribution in [2.24, 2.45) is 0 Å². The third-order valence-electron chi connectivity index (χ3n) is 4.55. The van der Waals surface area contributed by atoms with Crippen LogP contribution in [0.2, 0.25) is 10.0 Å². The number of para-hydroxylation sites is 2. The minimum absolute atomic E-state index is 0.0856. The molecular formula is C22H26Cl2N2O4. The summed E-state index contributed by atoms with van der Waals surface area (Å²) in [5, 5.41) is 3.63. The van der Waals surface area contributed by atoms with E-state index in [0.717, 1.165) is 0 Å². The van der Waals surface area contributed by atoms with E-state index in [2.05, 4.69) is 5.32 Å². The highest BCUT2D eigenvalue weighted by atomic mass is 35.5. The average molecular weight is 453 g/mol. The normalized spacial score (nSPS) is 11.5. The van der Waals surface area contributed by atoms with Crippen molar-refractivity contribution in [1.82, 2.24) is 10.2 Å². The van der Waals surface area contributed by atoms with Gasteiger partial charge in [-0.05, 0) is 37.6 Å². The lowest BCUT2D eigenvalue weighted by Crippen LogP contribution is -2.50. The monoisotopic (exact) mass is 452 g/mol. The van der Waals surface area contributed by atoms with Crippen LogP contribution in [0.4, 0.5) is 0 Å². The molecule has 0 unspecified atom stereocenters. The molecule has 0 aliphatic rings. The second-order valence-electron chi connectivity index (χ2n) is 6.48. The summed E-state index contributed by atoms with van der Waals surface area (Å²) in [6.45, 7) is 3.95. The molecule has 0 aliphatic heterocycles. The van der Waals surface area contributed by atoms with Crippen molar-refractivity contribution in [3.63, 3.8) is 0 Å². The van der Waals surface area contributed by atoms with Gasteiger partial charge in [0.2, 0.25) is 5.91 Å². The number of likely N-dealkylation sites (N-methyl/N-ethyl adjacent to an activating group) is 1. The van der Waals surface area contributed by atoms with Crippen LogP contribution in [0.5, 0.6) is 11.5 Å². The highest BCUT2D eigenvalue weighted by molar-refractivity contribution is 6.36. The van der Waals surface area contributed by atoms with Gasteiger partial charge in [0.05, 0.1) is 7.11 Å². The van der Waals surface area contributed by atoms with E-state index in [1.165, 1.54) is 12.0 Å². The molecule has 2 aromatic rings. The number of hydrogen-bond acceptors (Lipinski definition) is 4. The Bertz CT molecular complexity index is 856. The molecule has 162 valence electrons. The van der Waals surface area contributed by atoms with E-state index in [1.54, 1.807) is 42.5 Å². The fraction of sp³-hybridized carbons (Fsp3) is 0.364. The zero-order valence-corrected chi connectivity index (χ0v) is 18.8. The lowest BCUT2D eigenvalue weighted by Gasteiger charge is -2.31. The van der Waals surface area contributed by atoms with Gasteiger partial charge >= 0.3 is 0 Å². The summed E-state index contributed by atoms with van der Waals surface area (Å²) in [7, 11) is 1.53. The SMILES string of the molecule is CCNC(=O)[C@H](CC)N(Cc1c(Cl)cccc1Cl)C(=O)COc1ccccc1OC. The zero-order valence-electron chi connectivity index (χ0n) is 17.3. The van der Waals surface area contributed by atoms with E-state index in [1.807, 2.05) is 13.8 Å². The summed E-state index contributed by atoms with van der Waals surface area (Å²) < 4.78 is 10.9. The number of amides is 2. The lowest BCUT2D eigenvalue weighted by atomic mass is 10.1. The number of hydrogen-bond donors (Lipinski definition) is 1. The van der Waals surface area contributed by atoms with Gasteiger partial charge in [-0.2, -0.15) is 0 Å². The van der Waals surface area contributed by atoms with Gasteiger partial charge in [0.25, 0.3) is 5.91 Å². The first-order valence-electron chi connectivity index (χ1n) is 9.68. The molecule has 2 amide bonds. The average Bonchev–Trinajstić information content (AvgIpc) is 2.74. The third-order valence-corrected chi connectivity index (χ3v) is 5.26. The van der Waals surface area contributed by atoms with Crippen LogP contribution in [-0.4, -0.2) is 43.0 Å². The van der Waals surface area contributed by atoms with Gasteiger partial charge in [0, 0.05) is 28.7 Å². The van der Waals surface area contributed by atoms with Gasteiger partial charge in [-0.3, -0.25) is 9.59 Å². The summed E-state index contributed by atoms with van der Waals surface area (Å²) in [4.78, 5) is 27.2. The van der Waals surface area contributed by atoms with Crippen LogP contribution in [0.25, 0.3) is 0 Å². The predicted molar refractivity (Wildman–Crippen MR) is 118 cm³/mol. The number of nitrogens with one attached hydrogen (secondary N) is 1. The minimum Gasteiger partial charge on any atom is -0.493 e. The first kappa shape index (κ1) is 23.8. The second-order valence-corrected chi connectivity index (χ2v) is 7.29. The van der Waals surface area contributed by atoms with Crippen LogP contribution >= 0.6 is 23.2 Å². The van der Waals surface area contributed by atoms with Crippen LogP contribution in [0, 0.1) is 0 Å². The van der Waals surface area contributed by atoms with Crippen molar-refractivity contribution >= 4 is 35.0 Å². The van der Waals surface area contributed by atoms with E-state index >= 15 is 0 Å². The maximum Gasteiger partial charge on any atom is 0.261 e. The van der Waals surface area contributed by atoms with E-state index in [9.17, 15) is 9.59 Å². The Morgan fingerprint density at radius 1 is 1.03 bits per heavy atom. The van der Waals surface area contributed by atoms with Crippen LogP contribution in [0.15, 0.2) is 42.5 Å². The van der Waals surface area contributed by atoms with Gasteiger partial charge in [0.1, 0.15) is 6.04 Å². The number of carbonyl (C=O) groups is 2. The van der Waals surface area contributed by atoms with Crippen molar-refractivity contribution in [2.75, 3.05) is 20.3 Å². The second kappa shape index (κ2) is 11.7. The van der Waals surface area contributed by atoms with Crippen molar-refractivity contribution in [3.05, 3.63) is 58.1 Å². The largest absolute Gasteiger partial charge is 0.493 e. The number of nitrogens with zero attached hydrogens (tertiary/aromatic N) is 1. The summed E-state index contributed by atoms with van der Waals surface area (Å²) >= 11 is 12.6. The predicted octanol–water partition coefficient (Wildman–Crippen LogP) is 4.32. The summed E-state index contributed by atoms with van der Waals surface area (Å²) in [5.41, 5.74) is 0.578. The number of ether oxygens (including phenoxy) is 2. The Hall–Kier alpha value is -2.44. The Kier molecular flexibility index (Phi) is 9.27. The summed E-state index contributed by atoms with van der Waals surface area (Å²) in [5.74, 6) is 0.348. The molecular weight excluding hydrogens is 427 g/mol. The fourth-order valence-electron chi connectivity index (χ4n) is 3.03. The number of halogens is 2. The first-order chi connectivity index (χ1) is 14.4. The maximum atomic E-state index is 13.1. The van der Waals surface area contributed by atoms with E-state index in [4.69, 9.17) is 32.7 Å². The lowest BCUT2D eigenvalue weighted by molar-refractivity contribution is -0.142. The Balaban J connectivity index is 2.29. The molecule has 0 spiro atoms. The summed E-state index contributed by atoms with van der Waals surface area (Å²) in [6.07, 6.45) is 0.425. The molecule has 8 heteroatoms. The van der Waals surface area contributed by atoms with Crippen LogP contribution in [0.3, 0.4) is 0 Å². The molecule has 2 rings (SSSR count). The standard InChI is InChI=1S/C22H26Cl2N2O4/c1-4-18(22(28)25-5-2)26(13-15-16(23)9-8-10-17(15)24)21(27)14-30-20-12-7-6-11-19(20)29-3/h6-12,18H,4-5,13-14H2,1-3H3,(H,25,28)/t18-/m0/s1. The molecule has 0 saturated heterocycles. The molecule has 1 N–H and O–H groups in total. The van der Waals surface area contributed by atoms with Gasteiger partial charge in [-0.15, -0.1) is 0 Å². The molecule has 0 bridgehead atoms. The molecule has 0 fully saturated rings. The van der Waals surface area contributed by atoms with Crippen molar-refractivity contribution in [3.8, 4) is 11.5 Å². The number of benzene rings is 2. The van der Waals surface area contributed by atoms with Gasteiger partial charge < -0.3 is 19.7 Å². The first-order valence-corrected chi connectivity index (χ1v) is 10.4. The van der Waals surface area contributed by atoms with Crippen LogP contribution < -0.4 is 14.8 Å². The number of carbonyl (C=O) groups excluding carboxylic acids is 2. The Morgan fingerprint density at radius 3 is 2.23 bits per heavy atom. The highest BCUT2D eigenvalue weighted by Crippen LogP contribution is 2.28. The molecule has 0 heterocycles. The maximum absolute atomic E-state index is 13.1. The summed E-state index contributed by atoms with van der Waals surface area (Å²) in [6, 6.07) is 11.5. The van der Waals surface area contributed by atoms with Crippen molar-refractivity contribution in [1.29, 1.82) is 0 Å². The molecule has 2 aromatic carbocycles. The smallest absolute Gasteiger partial charge is 0.261 e. The Morgan fingerprint density at radius 2 is 1.67 bits per heavy atom. The van der Waals surface area contributed by atoms with Crippen molar-refractivity contribution < 1.29 is 19.1 Å². The molecule has 0 aromatic heterocycles. The number of rotatable bonds is 10. The fourth-order valence-corrected chi connectivity index (χ4v) is 3.54. The molecule has 6 nitrogen and oxygen atoms in total. The number of methoxy groups -OCH3 is 1. The van der Waals surface area contributed by atoms with Crippen LogP contribution in [-0.2, 0) is 16.1 Å². The third kappa shape index (κ3) is 6.03. The van der Waals surface area contributed by atoms with E-state index < -0.39 is 6.04 Å². The molecule has 1 atom stereocenters. The quantitative estimate of drug-likeness (QED) is 0.582. The van der Waals surface area contributed by atoms with E-state index in [0.29, 0.717) is 40.1 Å². The van der Waals surface area contributed by atoms with Gasteiger partial charge in [0.15, 0.2) is 18.1 Å². The molecule has 0 radical (unpaired) electrons. The molecule has 30 heavy (non-hydrogen) atoms. The zero-order chi connectivity index (χ0) is 22.1. The highest BCUT2D eigenvalue weighted by Gasteiger charge is 2.30. The van der Waals surface area contributed by atoms with Crippen LogP contribution in [0.1, 0.15) is 25.8 Å². The minimum atomic E-state index is -0.689. The topological polar surface area (TPSA) is 67.9 Å². The molecule has 0 aliphatic carbocycles. The van der Waals surface area contributed by atoms with Gasteiger partial charge in [-0.1, -0.05) is 48.3 Å². The van der Waals surface area contributed by atoms with Crippen molar-refractivity contribution in [2.45, 2.75) is 32.9 Å².